The van der Waals surface area contributed by atoms with E-state index in [0.29, 0.717) is 20.0 Å². The zero-order chi connectivity index (χ0) is 13.9. The van der Waals surface area contributed by atoms with E-state index in [9.17, 15) is 4.79 Å². The third kappa shape index (κ3) is 2.69. The van der Waals surface area contributed by atoms with Crippen LogP contribution in [0.4, 0.5) is 5.13 Å². The third-order valence-electron chi connectivity index (χ3n) is 2.38. The SMILES string of the molecule is O=C(Nc1nnc(-c2cccnc2)s1)c1sccc1Cl. The minimum atomic E-state index is -0.279. The van der Waals surface area contributed by atoms with E-state index >= 15 is 0 Å². The van der Waals surface area contributed by atoms with E-state index in [0.717, 1.165) is 5.56 Å². The maximum atomic E-state index is 12.0. The van der Waals surface area contributed by atoms with Gasteiger partial charge < -0.3 is 0 Å². The first kappa shape index (κ1) is 13.2. The van der Waals surface area contributed by atoms with Crippen molar-refractivity contribution in [3.63, 3.8) is 0 Å². The summed E-state index contributed by atoms with van der Waals surface area (Å²) in [5.41, 5.74) is 0.861. The Labute approximate surface area is 127 Å². The van der Waals surface area contributed by atoms with E-state index in [2.05, 4.69) is 20.5 Å². The predicted molar refractivity (Wildman–Crippen MR) is 80.4 cm³/mol. The molecule has 0 aliphatic carbocycles. The minimum absolute atomic E-state index is 0.279. The van der Waals surface area contributed by atoms with E-state index in [1.165, 1.54) is 22.7 Å². The molecule has 3 heterocycles. The highest BCUT2D eigenvalue weighted by Crippen LogP contribution is 2.27. The summed E-state index contributed by atoms with van der Waals surface area (Å²) in [5, 5.41) is 14.0. The summed E-state index contributed by atoms with van der Waals surface area (Å²) in [7, 11) is 0. The average molecular weight is 323 g/mol. The molecule has 0 radical (unpaired) electrons. The van der Waals surface area contributed by atoms with Crippen molar-refractivity contribution in [2.24, 2.45) is 0 Å². The molecule has 3 aromatic heterocycles. The maximum absolute atomic E-state index is 12.0. The molecule has 0 spiro atoms. The van der Waals surface area contributed by atoms with Crippen molar-refractivity contribution >= 4 is 45.3 Å². The molecule has 0 saturated heterocycles. The van der Waals surface area contributed by atoms with Gasteiger partial charge in [-0.15, -0.1) is 21.5 Å². The second-order valence-electron chi connectivity index (χ2n) is 3.71. The first-order valence-corrected chi connectivity index (χ1v) is 7.59. The van der Waals surface area contributed by atoms with Crippen molar-refractivity contribution < 1.29 is 4.79 Å². The molecule has 3 aromatic rings. The molecule has 1 N–H and O–H groups in total. The summed E-state index contributed by atoms with van der Waals surface area (Å²) in [5.74, 6) is -0.279. The van der Waals surface area contributed by atoms with Gasteiger partial charge in [-0.1, -0.05) is 22.9 Å². The number of hydrogen-bond donors (Lipinski definition) is 1. The Morgan fingerprint density at radius 3 is 2.90 bits per heavy atom. The zero-order valence-corrected chi connectivity index (χ0v) is 12.3. The topological polar surface area (TPSA) is 67.8 Å². The van der Waals surface area contributed by atoms with Crippen molar-refractivity contribution in [2.45, 2.75) is 0 Å². The van der Waals surface area contributed by atoms with Gasteiger partial charge in [0.05, 0.1) is 5.02 Å². The van der Waals surface area contributed by atoms with Crippen LogP contribution in [-0.4, -0.2) is 21.1 Å². The normalized spacial score (nSPS) is 10.4. The van der Waals surface area contributed by atoms with E-state index in [1.807, 2.05) is 12.1 Å². The van der Waals surface area contributed by atoms with Gasteiger partial charge in [-0.25, -0.2) is 0 Å². The predicted octanol–water partition coefficient (Wildman–Crippen LogP) is 3.57. The zero-order valence-electron chi connectivity index (χ0n) is 9.91. The molecule has 0 aliphatic heterocycles. The van der Waals surface area contributed by atoms with Gasteiger partial charge in [-0.05, 0) is 23.6 Å². The minimum Gasteiger partial charge on any atom is -0.296 e. The first-order valence-electron chi connectivity index (χ1n) is 5.52. The largest absolute Gasteiger partial charge is 0.296 e. The fraction of sp³-hybridized carbons (Fsp3) is 0. The molecule has 0 atom stereocenters. The molecule has 0 saturated carbocycles. The van der Waals surface area contributed by atoms with Gasteiger partial charge in [-0.2, -0.15) is 0 Å². The van der Waals surface area contributed by atoms with Gasteiger partial charge in [0.1, 0.15) is 4.88 Å². The van der Waals surface area contributed by atoms with Crippen LogP contribution in [-0.2, 0) is 0 Å². The van der Waals surface area contributed by atoms with Gasteiger partial charge in [-0.3, -0.25) is 15.1 Å². The molecular weight excluding hydrogens is 316 g/mol. The van der Waals surface area contributed by atoms with Crippen LogP contribution >= 0.6 is 34.3 Å². The lowest BCUT2D eigenvalue weighted by Crippen LogP contribution is -2.10. The van der Waals surface area contributed by atoms with Crippen LogP contribution < -0.4 is 5.32 Å². The van der Waals surface area contributed by atoms with Crippen molar-refractivity contribution in [3.8, 4) is 10.6 Å². The number of aromatic nitrogens is 3. The second-order valence-corrected chi connectivity index (χ2v) is 6.01. The Kier molecular flexibility index (Phi) is 3.72. The molecule has 5 nitrogen and oxygen atoms in total. The van der Waals surface area contributed by atoms with Gasteiger partial charge in [0.25, 0.3) is 5.91 Å². The molecule has 3 rings (SSSR count). The smallest absolute Gasteiger partial charge is 0.269 e. The van der Waals surface area contributed by atoms with Crippen molar-refractivity contribution in [3.05, 3.63) is 45.9 Å². The van der Waals surface area contributed by atoms with Gasteiger partial charge in [0.15, 0.2) is 5.01 Å². The van der Waals surface area contributed by atoms with Crippen molar-refractivity contribution in [1.82, 2.24) is 15.2 Å². The molecule has 0 bridgehead atoms. The molecule has 0 fully saturated rings. The average Bonchev–Trinajstić information content (AvgIpc) is 3.09. The molecular formula is C12H7ClN4OS2. The second kappa shape index (κ2) is 5.66. The number of carbonyl (C=O) groups excluding carboxylic acids is 1. The fourth-order valence-electron chi connectivity index (χ4n) is 1.49. The molecule has 8 heteroatoms. The number of halogens is 1. The summed E-state index contributed by atoms with van der Waals surface area (Å²) in [6, 6.07) is 5.39. The maximum Gasteiger partial charge on any atom is 0.269 e. The van der Waals surface area contributed by atoms with Crippen molar-refractivity contribution in [1.29, 1.82) is 0 Å². The van der Waals surface area contributed by atoms with Gasteiger partial charge in [0.2, 0.25) is 5.13 Å². The number of anilines is 1. The summed E-state index contributed by atoms with van der Waals surface area (Å²) >= 11 is 8.48. The number of nitrogens with zero attached hydrogens (tertiary/aromatic N) is 3. The van der Waals surface area contributed by atoms with E-state index in [4.69, 9.17) is 11.6 Å². The monoisotopic (exact) mass is 322 g/mol. The van der Waals surface area contributed by atoms with Crippen LogP contribution in [0.5, 0.6) is 0 Å². The van der Waals surface area contributed by atoms with Crippen LogP contribution in [0.3, 0.4) is 0 Å². The summed E-state index contributed by atoms with van der Waals surface area (Å²) in [6.07, 6.45) is 3.38. The summed E-state index contributed by atoms with van der Waals surface area (Å²) in [4.78, 5) is 16.5. The highest BCUT2D eigenvalue weighted by molar-refractivity contribution is 7.18. The lowest BCUT2D eigenvalue weighted by molar-refractivity contribution is 0.103. The Hall–Kier alpha value is -1.83. The lowest BCUT2D eigenvalue weighted by atomic mass is 10.3. The standard InChI is InChI=1S/C12H7ClN4OS2/c13-8-3-5-19-9(8)10(18)15-12-17-16-11(20-12)7-2-1-4-14-6-7/h1-6H,(H,15,17,18). The number of pyridine rings is 1. The fourth-order valence-corrected chi connectivity index (χ4v) is 3.25. The Morgan fingerprint density at radius 1 is 1.30 bits per heavy atom. The van der Waals surface area contributed by atoms with Crippen LogP contribution in [0.1, 0.15) is 9.67 Å². The van der Waals surface area contributed by atoms with E-state index < -0.39 is 0 Å². The number of carbonyl (C=O) groups is 1. The number of thiophene rings is 1. The molecule has 20 heavy (non-hydrogen) atoms. The molecule has 0 aliphatic rings. The van der Waals surface area contributed by atoms with Crippen LogP contribution in [0.2, 0.25) is 5.02 Å². The van der Waals surface area contributed by atoms with E-state index in [1.54, 1.807) is 23.8 Å². The number of amides is 1. The summed E-state index contributed by atoms with van der Waals surface area (Å²) in [6.45, 7) is 0. The van der Waals surface area contributed by atoms with Crippen LogP contribution in [0, 0.1) is 0 Å². The third-order valence-corrected chi connectivity index (χ3v) is 4.61. The van der Waals surface area contributed by atoms with Crippen molar-refractivity contribution in [2.75, 3.05) is 5.32 Å². The first-order chi connectivity index (χ1) is 9.74. The highest BCUT2D eigenvalue weighted by atomic mass is 35.5. The number of rotatable bonds is 3. The van der Waals surface area contributed by atoms with E-state index in [-0.39, 0.29) is 5.91 Å². The summed E-state index contributed by atoms with van der Waals surface area (Å²) < 4.78 is 0. The molecule has 0 aromatic carbocycles. The van der Waals surface area contributed by atoms with Crippen LogP contribution in [0.25, 0.3) is 10.6 Å². The van der Waals surface area contributed by atoms with Gasteiger partial charge >= 0.3 is 0 Å². The number of hydrogen-bond acceptors (Lipinski definition) is 6. The Bertz CT molecular complexity index is 741. The highest BCUT2D eigenvalue weighted by Gasteiger charge is 2.14. The molecule has 0 unspecified atom stereocenters. The van der Waals surface area contributed by atoms with Crippen LogP contribution in [0.15, 0.2) is 36.0 Å². The molecule has 100 valence electrons. The number of nitrogens with one attached hydrogen (secondary N) is 1. The van der Waals surface area contributed by atoms with Gasteiger partial charge in [0, 0.05) is 18.0 Å². The Morgan fingerprint density at radius 2 is 2.20 bits per heavy atom. The lowest BCUT2D eigenvalue weighted by Gasteiger charge is -1.98. The quantitative estimate of drug-likeness (QED) is 0.800. The Balaban J connectivity index is 1.78. The molecule has 1 amide bonds.